The van der Waals surface area contributed by atoms with Gasteiger partial charge >= 0.3 is 0 Å². The predicted molar refractivity (Wildman–Crippen MR) is 101 cm³/mol. The molecule has 0 spiro atoms. The van der Waals surface area contributed by atoms with Gasteiger partial charge in [0.1, 0.15) is 0 Å². The summed E-state index contributed by atoms with van der Waals surface area (Å²) < 4.78 is 10.9. The molecule has 0 unspecified atom stereocenters. The molecule has 0 bridgehead atoms. The van der Waals surface area contributed by atoms with E-state index in [1.165, 1.54) is 0 Å². The van der Waals surface area contributed by atoms with Gasteiger partial charge in [0.05, 0.1) is 12.6 Å². The number of hydrogen-bond donors (Lipinski definition) is 2. The minimum absolute atomic E-state index is 0. The number of carbonyl (C=O) groups is 1. The first-order valence-corrected chi connectivity index (χ1v) is 7.98. The summed E-state index contributed by atoms with van der Waals surface area (Å²) in [5, 5.41) is 2.98. The van der Waals surface area contributed by atoms with E-state index in [1.54, 1.807) is 13.2 Å². The van der Waals surface area contributed by atoms with E-state index in [1.807, 2.05) is 45.1 Å². The van der Waals surface area contributed by atoms with Crippen LogP contribution in [-0.2, 0) is 4.79 Å². The fourth-order valence-electron chi connectivity index (χ4n) is 2.34. The highest BCUT2D eigenvalue weighted by Gasteiger charge is 2.26. The Labute approximate surface area is 151 Å². The van der Waals surface area contributed by atoms with Gasteiger partial charge in [0.25, 0.3) is 5.91 Å². The van der Waals surface area contributed by atoms with Crippen molar-refractivity contribution in [3.05, 3.63) is 29.8 Å². The Morgan fingerprint density at radius 2 is 1.96 bits per heavy atom. The van der Waals surface area contributed by atoms with Crippen LogP contribution in [0.4, 0.5) is 0 Å². The number of hydrogen-bond acceptors (Lipinski definition) is 4. The number of halogens is 1. The molecule has 0 saturated carbocycles. The molecule has 0 aliphatic heterocycles. The van der Waals surface area contributed by atoms with Crippen molar-refractivity contribution in [2.45, 2.75) is 39.2 Å². The molecule has 0 heterocycles. The van der Waals surface area contributed by atoms with Crippen LogP contribution in [0.2, 0.25) is 0 Å². The summed E-state index contributed by atoms with van der Waals surface area (Å²) in [4.78, 5) is 12.1. The number of nitrogens with two attached hydrogens (primary N) is 1. The van der Waals surface area contributed by atoms with Crippen LogP contribution in [0, 0.1) is 0 Å². The smallest absolute Gasteiger partial charge is 0.258 e. The lowest BCUT2D eigenvalue weighted by Gasteiger charge is -2.31. The van der Waals surface area contributed by atoms with Crippen molar-refractivity contribution in [1.29, 1.82) is 0 Å². The second kappa shape index (κ2) is 10.9. The molecule has 1 aromatic carbocycles. The molecule has 1 aromatic rings. The van der Waals surface area contributed by atoms with E-state index in [-0.39, 0.29) is 30.5 Å². The maximum absolute atomic E-state index is 12.1. The zero-order chi connectivity index (χ0) is 17.3. The van der Waals surface area contributed by atoms with Gasteiger partial charge < -0.3 is 20.5 Å². The van der Waals surface area contributed by atoms with Crippen LogP contribution in [0.1, 0.15) is 39.2 Å². The first-order chi connectivity index (χ1) is 11.0. The summed E-state index contributed by atoms with van der Waals surface area (Å²) in [5.41, 5.74) is 6.45. The monoisotopic (exact) mass is 356 g/mol. The lowest BCUT2D eigenvalue weighted by Crippen LogP contribution is -2.54. The average molecular weight is 357 g/mol. The highest BCUT2D eigenvalue weighted by Crippen LogP contribution is 2.28. The second-order valence-corrected chi connectivity index (χ2v) is 5.44. The molecule has 136 valence electrons. The van der Waals surface area contributed by atoms with E-state index in [9.17, 15) is 4.79 Å². The van der Waals surface area contributed by atoms with Gasteiger partial charge in [-0.25, -0.2) is 0 Å². The van der Waals surface area contributed by atoms with Gasteiger partial charge in [-0.05, 0) is 37.5 Å². The molecule has 0 aliphatic carbocycles. The van der Waals surface area contributed by atoms with Gasteiger partial charge in [-0.1, -0.05) is 32.1 Å². The van der Waals surface area contributed by atoms with Crippen molar-refractivity contribution in [3.63, 3.8) is 0 Å². The Hall–Kier alpha value is -1.72. The highest BCUT2D eigenvalue weighted by molar-refractivity contribution is 5.85. The van der Waals surface area contributed by atoms with Crippen LogP contribution in [0.15, 0.2) is 24.3 Å². The molecule has 5 nitrogen and oxygen atoms in total. The van der Waals surface area contributed by atoms with E-state index in [0.29, 0.717) is 18.0 Å². The molecule has 0 aromatic heterocycles. The van der Waals surface area contributed by atoms with Gasteiger partial charge in [-0.3, -0.25) is 4.79 Å². The van der Waals surface area contributed by atoms with Crippen LogP contribution in [0.5, 0.6) is 11.5 Å². The van der Waals surface area contributed by atoms with Crippen molar-refractivity contribution >= 4 is 24.4 Å². The van der Waals surface area contributed by atoms with Crippen LogP contribution in [0.3, 0.4) is 0 Å². The summed E-state index contributed by atoms with van der Waals surface area (Å²) >= 11 is 0. The van der Waals surface area contributed by atoms with Crippen molar-refractivity contribution in [2.75, 3.05) is 20.3 Å². The van der Waals surface area contributed by atoms with Crippen molar-refractivity contribution < 1.29 is 14.3 Å². The summed E-state index contributed by atoms with van der Waals surface area (Å²) in [6.07, 6.45) is 5.49. The Balaban J connectivity index is 0.00000529. The quantitative estimate of drug-likeness (QED) is 0.712. The van der Waals surface area contributed by atoms with Crippen molar-refractivity contribution in [1.82, 2.24) is 5.32 Å². The number of benzene rings is 1. The number of nitrogens with one attached hydrogen (secondary N) is 1. The van der Waals surface area contributed by atoms with Crippen molar-refractivity contribution in [3.8, 4) is 11.5 Å². The van der Waals surface area contributed by atoms with Crippen molar-refractivity contribution in [2.24, 2.45) is 5.73 Å². The van der Waals surface area contributed by atoms with Gasteiger partial charge in [-0.15, -0.1) is 12.4 Å². The fraction of sp³-hybridized carbons (Fsp3) is 0.500. The van der Waals surface area contributed by atoms with Gasteiger partial charge in [0.2, 0.25) is 0 Å². The summed E-state index contributed by atoms with van der Waals surface area (Å²) in [7, 11) is 1.58. The van der Waals surface area contributed by atoms with E-state index in [0.717, 1.165) is 18.4 Å². The number of methoxy groups -OCH3 is 1. The van der Waals surface area contributed by atoms with Crippen LogP contribution < -0.4 is 20.5 Å². The first kappa shape index (κ1) is 22.3. The predicted octanol–water partition coefficient (Wildman–Crippen LogP) is 3.16. The topological polar surface area (TPSA) is 73.6 Å². The third-order valence-corrected chi connectivity index (χ3v) is 4.05. The molecule has 24 heavy (non-hydrogen) atoms. The number of rotatable bonds is 9. The number of carbonyl (C=O) groups excluding carboxylic acids is 1. The largest absolute Gasteiger partial charge is 0.493 e. The molecule has 0 aliphatic rings. The maximum atomic E-state index is 12.1. The molecule has 1 amide bonds. The zero-order valence-corrected chi connectivity index (χ0v) is 15.7. The number of ether oxygens (including phenoxy) is 2. The maximum Gasteiger partial charge on any atom is 0.258 e. The third-order valence-electron chi connectivity index (χ3n) is 4.05. The Kier molecular flexibility index (Phi) is 10.2. The third kappa shape index (κ3) is 6.06. The number of allylic oxidation sites excluding steroid dienone is 1. The van der Waals surface area contributed by atoms with Gasteiger partial charge in [0, 0.05) is 6.54 Å². The lowest BCUT2D eigenvalue weighted by atomic mass is 9.93. The van der Waals surface area contributed by atoms with E-state index in [4.69, 9.17) is 15.2 Å². The molecular formula is C18H29ClN2O3. The minimum Gasteiger partial charge on any atom is -0.493 e. The molecule has 0 fully saturated rings. The molecule has 6 heteroatoms. The zero-order valence-electron chi connectivity index (χ0n) is 14.9. The molecule has 0 radical (unpaired) electrons. The highest BCUT2D eigenvalue weighted by atomic mass is 35.5. The van der Waals surface area contributed by atoms with E-state index >= 15 is 0 Å². The van der Waals surface area contributed by atoms with Crippen LogP contribution >= 0.6 is 12.4 Å². The molecule has 0 saturated heterocycles. The summed E-state index contributed by atoms with van der Waals surface area (Å²) in [5.74, 6) is 0.963. The average Bonchev–Trinajstić information content (AvgIpc) is 2.58. The minimum atomic E-state index is -0.361. The van der Waals surface area contributed by atoms with Crippen LogP contribution in [-0.4, -0.2) is 31.7 Å². The Bertz CT molecular complexity index is 535. The molecular weight excluding hydrogens is 328 g/mol. The first-order valence-electron chi connectivity index (χ1n) is 7.98. The van der Waals surface area contributed by atoms with E-state index < -0.39 is 0 Å². The standard InChI is InChI=1S/C18H28N2O3.ClH/c1-5-8-14-9-10-15(16(11-14)22-4)23-12-17(21)20-18(6-2,7-3)13-19;/h5,8-11H,6-7,12-13,19H2,1-4H3,(H,20,21);1H/b8-5+;. The lowest BCUT2D eigenvalue weighted by molar-refractivity contribution is -0.125. The molecule has 0 atom stereocenters. The summed E-state index contributed by atoms with van der Waals surface area (Å²) in [6, 6.07) is 5.59. The Morgan fingerprint density at radius 1 is 1.29 bits per heavy atom. The SMILES string of the molecule is C/C=C/c1ccc(OCC(=O)NC(CC)(CC)CN)c(OC)c1.Cl. The second-order valence-electron chi connectivity index (χ2n) is 5.44. The van der Waals surface area contributed by atoms with E-state index in [2.05, 4.69) is 5.32 Å². The van der Waals surface area contributed by atoms with Gasteiger partial charge in [-0.2, -0.15) is 0 Å². The molecule has 1 rings (SSSR count). The fourth-order valence-corrected chi connectivity index (χ4v) is 2.34. The normalized spacial score (nSPS) is 11.0. The molecule has 3 N–H and O–H groups in total. The van der Waals surface area contributed by atoms with Gasteiger partial charge in [0.15, 0.2) is 18.1 Å². The summed E-state index contributed by atoms with van der Waals surface area (Å²) in [6.45, 7) is 6.32. The number of amides is 1. The Morgan fingerprint density at radius 3 is 2.46 bits per heavy atom. The van der Waals surface area contributed by atoms with Crippen LogP contribution in [0.25, 0.3) is 6.08 Å².